The van der Waals surface area contributed by atoms with Crippen LogP contribution in [-0.4, -0.2) is 18.3 Å². The molecule has 1 fully saturated rings. The second-order valence-corrected chi connectivity index (χ2v) is 4.41. The van der Waals surface area contributed by atoms with E-state index in [4.69, 9.17) is 4.74 Å². The molecule has 1 heterocycles. The SMILES string of the molecule is OC(c1c(F)c(F)c(F)c(F)c1F)C1CCCOC1. The first kappa shape index (κ1) is 14.2. The van der Waals surface area contributed by atoms with Crippen LogP contribution in [0.4, 0.5) is 22.0 Å². The summed E-state index contributed by atoms with van der Waals surface area (Å²) in [6, 6.07) is 0. The summed E-state index contributed by atoms with van der Waals surface area (Å²) in [7, 11) is 0. The van der Waals surface area contributed by atoms with E-state index in [1.807, 2.05) is 0 Å². The van der Waals surface area contributed by atoms with Gasteiger partial charge in [-0.05, 0) is 12.8 Å². The Bertz CT molecular complexity index is 456. The number of rotatable bonds is 2. The van der Waals surface area contributed by atoms with Gasteiger partial charge in [0.1, 0.15) is 0 Å². The fourth-order valence-corrected chi connectivity index (χ4v) is 2.13. The van der Waals surface area contributed by atoms with Gasteiger partial charge < -0.3 is 9.84 Å². The van der Waals surface area contributed by atoms with Crippen LogP contribution in [-0.2, 0) is 4.74 Å². The molecule has 0 aliphatic carbocycles. The predicted octanol–water partition coefficient (Wildman–Crippen LogP) is 2.84. The average molecular weight is 282 g/mol. The van der Waals surface area contributed by atoms with Gasteiger partial charge in [0.15, 0.2) is 23.3 Å². The molecule has 0 saturated carbocycles. The number of benzene rings is 1. The maximum Gasteiger partial charge on any atom is 0.200 e. The lowest BCUT2D eigenvalue weighted by atomic mass is 9.90. The molecule has 1 aromatic carbocycles. The van der Waals surface area contributed by atoms with Gasteiger partial charge >= 0.3 is 0 Å². The molecule has 1 aliphatic rings. The molecule has 0 bridgehead atoms. The van der Waals surface area contributed by atoms with E-state index < -0.39 is 46.7 Å². The largest absolute Gasteiger partial charge is 0.388 e. The molecule has 0 amide bonds. The molecule has 2 rings (SSSR count). The van der Waals surface area contributed by atoms with E-state index in [0.717, 1.165) is 0 Å². The summed E-state index contributed by atoms with van der Waals surface area (Å²) in [5.74, 6) is -11.0. The molecule has 2 unspecified atom stereocenters. The Labute approximate surface area is 105 Å². The molecule has 0 spiro atoms. The third kappa shape index (κ3) is 2.44. The fraction of sp³-hybridized carbons (Fsp3) is 0.500. The molecule has 2 nitrogen and oxygen atoms in total. The van der Waals surface area contributed by atoms with Gasteiger partial charge in [-0.2, -0.15) is 0 Å². The molecule has 1 aromatic rings. The van der Waals surface area contributed by atoms with Crippen molar-refractivity contribution in [3.63, 3.8) is 0 Å². The minimum Gasteiger partial charge on any atom is -0.388 e. The zero-order valence-corrected chi connectivity index (χ0v) is 9.73. The number of halogens is 5. The van der Waals surface area contributed by atoms with E-state index in [-0.39, 0.29) is 6.61 Å². The van der Waals surface area contributed by atoms with Crippen molar-refractivity contribution in [2.24, 2.45) is 5.92 Å². The van der Waals surface area contributed by atoms with Crippen LogP contribution in [0.1, 0.15) is 24.5 Å². The Kier molecular flexibility index (Phi) is 4.05. The normalized spacial score (nSPS) is 21.5. The molecule has 0 radical (unpaired) electrons. The number of ether oxygens (including phenoxy) is 1. The zero-order chi connectivity index (χ0) is 14.2. The molecule has 1 N–H and O–H groups in total. The summed E-state index contributed by atoms with van der Waals surface area (Å²) < 4.78 is 70.9. The van der Waals surface area contributed by atoms with Gasteiger partial charge in [0, 0.05) is 12.5 Å². The first-order valence-corrected chi connectivity index (χ1v) is 5.72. The van der Waals surface area contributed by atoms with Gasteiger partial charge in [-0.25, -0.2) is 22.0 Å². The van der Waals surface area contributed by atoms with Crippen LogP contribution in [0.25, 0.3) is 0 Å². The number of hydrogen-bond donors (Lipinski definition) is 1. The van der Waals surface area contributed by atoms with Gasteiger partial charge in [-0.15, -0.1) is 0 Å². The van der Waals surface area contributed by atoms with Crippen LogP contribution in [0.2, 0.25) is 0 Å². The lowest BCUT2D eigenvalue weighted by molar-refractivity contribution is -0.0131. The summed E-state index contributed by atoms with van der Waals surface area (Å²) in [4.78, 5) is 0. The first-order valence-electron chi connectivity index (χ1n) is 5.72. The highest BCUT2D eigenvalue weighted by Crippen LogP contribution is 2.34. The van der Waals surface area contributed by atoms with Crippen LogP contribution >= 0.6 is 0 Å². The highest BCUT2D eigenvalue weighted by atomic mass is 19.2. The molecule has 1 saturated heterocycles. The molecule has 19 heavy (non-hydrogen) atoms. The highest BCUT2D eigenvalue weighted by molar-refractivity contribution is 5.26. The van der Waals surface area contributed by atoms with Crippen molar-refractivity contribution in [2.75, 3.05) is 13.2 Å². The van der Waals surface area contributed by atoms with Crippen LogP contribution < -0.4 is 0 Å². The van der Waals surface area contributed by atoms with E-state index in [9.17, 15) is 27.1 Å². The molecular formula is C12H11F5O2. The monoisotopic (exact) mass is 282 g/mol. The van der Waals surface area contributed by atoms with Crippen molar-refractivity contribution in [2.45, 2.75) is 18.9 Å². The van der Waals surface area contributed by atoms with Crippen molar-refractivity contribution in [1.29, 1.82) is 0 Å². The average Bonchev–Trinajstić information content (AvgIpc) is 2.44. The highest BCUT2D eigenvalue weighted by Gasteiger charge is 2.34. The van der Waals surface area contributed by atoms with Gasteiger partial charge in [-0.1, -0.05) is 0 Å². The minimum absolute atomic E-state index is 0.0145. The standard InChI is InChI=1S/C12H11F5O2/c13-7-6(8(14)10(16)11(17)9(7)15)12(18)5-2-1-3-19-4-5/h5,12,18H,1-4H2. The van der Waals surface area contributed by atoms with Crippen molar-refractivity contribution < 1.29 is 31.8 Å². The van der Waals surface area contributed by atoms with E-state index in [2.05, 4.69) is 0 Å². The van der Waals surface area contributed by atoms with Gasteiger partial charge in [0.05, 0.1) is 18.3 Å². The molecule has 1 aliphatic heterocycles. The predicted molar refractivity (Wildman–Crippen MR) is 54.7 cm³/mol. The third-order valence-corrected chi connectivity index (χ3v) is 3.18. The summed E-state index contributed by atoms with van der Waals surface area (Å²) in [5.41, 5.74) is -1.19. The number of aliphatic hydroxyl groups is 1. The lowest BCUT2D eigenvalue weighted by Gasteiger charge is -2.27. The van der Waals surface area contributed by atoms with Crippen molar-refractivity contribution in [1.82, 2.24) is 0 Å². The van der Waals surface area contributed by atoms with Crippen LogP contribution in [0.15, 0.2) is 0 Å². The minimum atomic E-state index is -2.23. The maximum absolute atomic E-state index is 13.5. The second-order valence-electron chi connectivity index (χ2n) is 4.41. The maximum atomic E-state index is 13.5. The number of hydrogen-bond acceptors (Lipinski definition) is 2. The fourth-order valence-electron chi connectivity index (χ4n) is 2.13. The Balaban J connectivity index is 2.43. The van der Waals surface area contributed by atoms with Gasteiger partial charge in [0.2, 0.25) is 5.82 Å². The molecule has 0 aromatic heterocycles. The Morgan fingerprint density at radius 1 is 0.947 bits per heavy atom. The van der Waals surface area contributed by atoms with Crippen molar-refractivity contribution in [3.8, 4) is 0 Å². The Morgan fingerprint density at radius 2 is 1.47 bits per heavy atom. The van der Waals surface area contributed by atoms with E-state index in [1.165, 1.54) is 0 Å². The second kappa shape index (κ2) is 5.42. The topological polar surface area (TPSA) is 29.5 Å². The molecular weight excluding hydrogens is 271 g/mol. The summed E-state index contributed by atoms with van der Waals surface area (Å²) in [6.07, 6.45) is -0.845. The van der Waals surface area contributed by atoms with Crippen molar-refractivity contribution >= 4 is 0 Å². The first-order chi connectivity index (χ1) is 8.95. The molecule has 2 atom stereocenters. The summed E-state index contributed by atoms with van der Waals surface area (Å²) in [5, 5.41) is 9.83. The Morgan fingerprint density at radius 3 is 1.95 bits per heavy atom. The lowest BCUT2D eigenvalue weighted by Crippen LogP contribution is -2.26. The quantitative estimate of drug-likeness (QED) is 0.513. The number of aliphatic hydroxyl groups excluding tert-OH is 1. The summed E-state index contributed by atoms with van der Waals surface area (Å²) in [6.45, 7) is 0.459. The Hall–Kier alpha value is -1.21. The molecule has 106 valence electrons. The zero-order valence-electron chi connectivity index (χ0n) is 9.73. The summed E-state index contributed by atoms with van der Waals surface area (Å²) >= 11 is 0. The van der Waals surface area contributed by atoms with Gasteiger partial charge in [-0.3, -0.25) is 0 Å². The van der Waals surface area contributed by atoms with E-state index in [1.54, 1.807) is 0 Å². The van der Waals surface area contributed by atoms with Crippen LogP contribution in [0, 0.1) is 35.0 Å². The molecule has 7 heteroatoms. The smallest absolute Gasteiger partial charge is 0.200 e. The van der Waals surface area contributed by atoms with Crippen LogP contribution in [0.5, 0.6) is 0 Å². The third-order valence-electron chi connectivity index (χ3n) is 3.18. The van der Waals surface area contributed by atoms with Crippen molar-refractivity contribution in [3.05, 3.63) is 34.6 Å². The van der Waals surface area contributed by atoms with E-state index >= 15 is 0 Å². The van der Waals surface area contributed by atoms with Crippen LogP contribution in [0.3, 0.4) is 0 Å². The van der Waals surface area contributed by atoms with E-state index in [0.29, 0.717) is 19.4 Å². The van der Waals surface area contributed by atoms with Gasteiger partial charge in [0.25, 0.3) is 0 Å².